The molecule has 1 fully saturated rings. The molecule has 0 amide bonds. The highest BCUT2D eigenvalue weighted by atomic mass is 15.3. The van der Waals surface area contributed by atoms with Crippen LogP contribution in [0.15, 0.2) is 36.5 Å². The predicted octanol–water partition coefficient (Wildman–Crippen LogP) is 2.17. The Morgan fingerprint density at radius 2 is 2.16 bits per heavy atom. The van der Waals surface area contributed by atoms with E-state index in [9.17, 15) is 0 Å². The van der Waals surface area contributed by atoms with Gasteiger partial charge in [-0.25, -0.2) is 0 Å². The van der Waals surface area contributed by atoms with Gasteiger partial charge in [0.15, 0.2) is 0 Å². The third-order valence-electron chi connectivity index (χ3n) is 3.53. The molecule has 2 N–H and O–H groups in total. The van der Waals surface area contributed by atoms with Gasteiger partial charge in [0.05, 0.1) is 5.69 Å². The summed E-state index contributed by atoms with van der Waals surface area (Å²) >= 11 is 0. The molecule has 100 valence electrons. The number of hydrogen-bond acceptors (Lipinski definition) is 3. The maximum Gasteiger partial charge on any atom is 0.0764 e. The summed E-state index contributed by atoms with van der Waals surface area (Å²) in [6, 6.07) is 11.0. The third kappa shape index (κ3) is 3.15. The molecule has 1 aliphatic rings. The van der Waals surface area contributed by atoms with Crippen molar-refractivity contribution in [1.29, 1.82) is 0 Å². The van der Waals surface area contributed by atoms with Gasteiger partial charge < -0.3 is 5.73 Å². The summed E-state index contributed by atoms with van der Waals surface area (Å²) in [6.07, 6.45) is 4.60. The molecule has 1 heterocycles. The molecular weight excluding hydrogens is 236 g/mol. The third-order valence-corrected chi connectivity index (χ3v) is 3.53. The molecule has 1 aromatic carbocycles. The Hall–Kier alpha value is -1.81. The van der Waals surface area contributed by atoms with E-state index in [0.29, 0.717) is 6.04 Å². The molecule has 2 aromatic rings. The van der Waals surface area contributed by atoms with Gasteiger partial charge in [-0.05, 0) is 36.6 Å². The van der Waals surface area contributed by atoms with E-state index in [1.807, 2.05) is 30.1 Å². The average molecular weight is 256 g/mol. The summed E-state index contributed by atoms with van der Waals surface area (Å²) in [7, 11) is 1.96. The zero-order chi connectivity index (χ0) is 13.2. The first-order valence-corrected chi connectivity index (χ1v) is 6.78. The van der Waals surface area contributed by atoms with Gasteiger partial charge in [0.25, 0.3) is 0 Å². The first kappa shape index (κ1) is 12.2. The van der Waals surface area contributed by atoms with Gasteiger partial charge in [0.1, 0.15) is 0 Å². The second-order valence-corrected chi connectivity index (χ2v) is 5.36. The Morgan fingerprint density at radius 1 is 1.32 bits per heavy atom. The van der Waals surface area contributed by atoms with Crippen LogP contribution in [-0.4, -0.2) is 20.7 Å². The van der Waals surface area contributed by atoms with Crippen LogP contribution in [-0.2, 0) is 20.1 Å². The normalized spacial score (nSPS) is 15.1. The van der Waals surface area contributed by atoms with E-state index in [1.165, 1.54) is 18.4 Å². The highest BCUT2D eigenvalue weighted by molar-refractivity contribution is 5.40. The lowest BCUT2D eigenvalue weighted by molar-refractivity contribution is 0.242. The summed E-state index contributed by atoms with van der Waals surface area (Å²) in [4.78, 5) is 2.50. The Morgan fingerprint density at radius 3 is 2.79 bits per heavy atom. The fourth-order valence-corrected chi connectivity index (χ4v) is 2.44. The quantitative estimate of drug-likeness (QED) is 0.834. The number of nitrogens with two attached hydrogens (primary N) is 1. The highest BCUT2D eigenvalue weighted by Crippen LogP contribution is 2.29. The minimum atomic E-state index is 0.712. The number of hydrogen-bond donors (Lipinski definition) is 1. The zero-order valence-corrected chi connectivity index (χ0v) is 11.3. The molecule has 4 nitrogen and oxygen atoms in total. The fraction of sp³-hybridized carbons (Fsp3) is 0.400. The van der Waals surface area contributed by atoms with Crippen molar-refractivity contribution >= 4 is 5.69 Å². The summed E-state index contributed by atoms with van der Waals surface area (Å²) in [6.45, 7) is 1.87. The Balaban J connectivity index is 1.71. The predicted molar refractivity (Wildman–Crippen MR) is 76.3 cm³/mol. The molecular formula is C15H20N4. The Bertz CT molecular complexity index is 557. The van der Waals surface area contributed by atoms with Crippen molar-refractivity contribution in [2.24, 2.45) is 7.05 Å². The van der Waals surface area contributed by atoms with Crippen LogP contribution in [0.1, 0.15) is 24.1 Å². The number of anilines is 1. The molecule has 19 heavy (non-hydrogen) atoms. The number of nitrogens with zero attached hydrogens (tertiary/aromatic N) is 3. The van der Waals surface area contributed by atoms with Crippen LogP contribution >= 0.6 is 0 Å². The van der Waals surface area contributed by atoms with Crippen molar-refractivity contribution in [1.82, 2.24) is 14.7 Å². The van der Waals surface area contributed by atoms with E-state index < -0.39 is 0 Å². The minimum absolute atomic E-state index is 0.712. The molecule has 1 aromatic heterocycles. The minimum Gasteiger partial charge on any atom is -0.399 e. The summed E-state index contributed by atoms with van der Waals surface area (Å²) < 4.78 is 1.86. The van der Waals surface area contributed by atoms with Gasteiger partial charge in [-0.15, -0.1) is 0 Å². The average Bonchev–Trinajstić information content (AvgIpc) is 3.13. The van der Waals surface area contributed by atoms with Crippen molar-refractivity contribution in [3.8, 4) is 0 Å². The van der Waals surface area contributed by atoms with E-state index in [-0.39, 0.29) is 0 Å². The lowest BCUT2D eigenvalue weighted by Gasteiger charge is -2.21. The molecule has 0 radical (unpaired) electrons. The van der Waals surface area contributed by atoms with Crippen LogP contribution in [0, 0.1) is 0 Å². The summed E-state index contributed by atoms with van der Waals surface area (Å²) in [5.74, 6) is 0. The van der Waals surface area contributed by atoms with Crippen molar-refractivity contribution in [3.63, 3.8) is 0 Å². The van der Waals surface area contributed by atoms with Crippen LogP contribution in [0.5, 0.6) is 0 Å². The van der Waals surface area contributed by atoms with Crippen molar-refractivity contribution in [2.45, 2.75) is 32.0 Å². The fourth-order valence-electron chi connectivity index (χ4n) is 2.44. The van der Waals surface area contributed by atoms with Crippen LogP contribution in [0.4, 0.5) is 5.69 Å². The molecule has 0 spiro atoms. The smallest absolute Gasteiger partial charge is 0.0764 e. The molecule has 1 aliphatic carbocycles. The number of aryl methyl sites for hydroxylation is 1. The monoisotopic (exact) mass is 256 g/mol. The lowest BCUT2D eigenvalue weighted by Crippen LogP contribution is -2.25. The van der Waals surface area contributed by atoms with Gasteiger partial charge >= 0.3 is 0 Å². The second-order valence-electron chi connectivity index (χ2n) is 5.36. The van der Waals surface area contributed by atoms with Crippen LogP contribution < -0.4 is 5.73 Å². The molecule has 0 bridgehead atoms. The van der Waals surface area contributed by atoms with Crippen LogP contribution in [0.3, 0.4) is 0 Å². The first-order valence-electron chi connectivity index (χ1n) is 6.78. The largest absolute Gasteiger partial charge is 0.399 e. The van der Waals surface area contributed by atoms with Crippen molar-refractivity contribution < 1.29 is 0 Å². The Labute approximate surface area is 113 Å². The molecule has 0 saturated heterocycles. The van der Waals surface area contributed by atoms with Gasteiger partial charge in [-0.2, -0.15) is 5.10 Å². The Kier molecular flexibility index (Phi) is 3.25. The lowest BCUT2D eigenvalue weighted by atomic mass is 10.2. The standard InChI is InChI=1S/C15H20N4/c1-18-8-7-14(17-18)11-19(15-5-6-15)10-12-3-2-4-13(16)9-12/h2-4,7-9,15H,5-6,10-11,16H2,1H3. The number of nitrogen functional groups attached to an aromatic ring is 1. The topological polar surface area (TPSA) is 47.1 Å². The maximum atomic E-state index is 5.85. The van der Waals surface area contributed by atoms with Gasteiger partial charge in [0.2, 0.25) is 0 Å². The van der Waals surface area contributed by atoms with Crippen LogP contribution in [0.2, 0.25) is 0 Å². The molecule has 0 unspecified atom stereocenters. The zero-order valence-electron chi connectivity index (χ0n) is 11.3. The summed E-state index contributed by atoms with van der Waals surface area (Å²) in [5, 5.41) is 4.47. The van der Waals surface area contributed by atoms with E-state index in [4.69, 9.17) is 5.73 Å². The van der Waals surface area contributed by atoms with Crippen molar-refractivity contribution in [3.05, 3.63) is 47.8 Å². The SMILES string of the molecule is Cn1ccc(CN(Cc2cccc(N)c2)C2CC2)n1. The van der Waals surface area contributed by atoms with Gasteiger partial charge in [-0.1, -0.05) is 12.1 Å². The number of aromatic nitrogens is 2. The van der Waals surface area contributed by atoms with E-state index in [2.05, 4.69) is 28.2 Å². The molecule has 3 rings (SSSR count). The van der Waals surface area contributed by atoms with Gasteiger partial charge in [-0.3, -0.25) is 9.58 Å². The van der Waals surface area contributed by atoms with Crippen LogP contribution in [0.25, 0.3) is 0 Å². The van der Waals surface area contributed by atoms with Gasteiger partial charge in [0, 0.05) is 38.1 Å². The van der Waals surface area contributed by atoms with E-state index >= 15 is 0 Å². The molecule has 1 saturated carbocycles. The second kappa shape index (κ2) is 5.05. The first-order chi connectivity index (χ1) is 9.20. The number of rotatable bonds is 5. The summed E-state index contributed by atoms with van der Waals surface area (Å²) in [5.41, 5.74) is 9.10. The number of benzene rings is 1. The van der Waals surface area contributed by atoms with E-state index in [0.717, 1.165) is 24.5 Å². The van der Waals surface area contributed by atoms with Crippen molar-refractivity contribution in [2.75, 3.05) is 5.73 Å². The van der Waals surface area contributed by atoms with E-state index in [1.54, 1.807) is 0 Å². The molecule has 0 atom stereocenters. The highest BCUT2D eigenvalue weighted by Gasteiger charge is 2.29. The molecule has 4 heteroatoms. The maximum absolute atomic E-state index is 5.85. The molecule has 0 aliphatic heterocycles.